The minimum Gasteiger partial charge on any atom is -0.406 e. The highest BCUT2D eigenvalue weighted by Crippen LogP contribution is 2.27. The summed E-state index contributed by atoms with van der Waals surface area (Å²) in [7, 11) is 0. The molecule has 0 radical (unpaired) electrons. The van der Waals surface area contributed by atoms with Crippen molar-refractivity contribution in [1.29, 1.82) is 0 Å². The molecule has 3 unspecified atom stereocenters. The molecule has 1 aliphatic heterocycles. The van der Waals surface area contributed by atoms with E-state index in [1.165, 1.54) is 12.8 Å². The first kappa shape index (κ1) is 13.3. The first-order valence-electron chi connectivity index (χ1n) is 6.95. The van der Waals surface area contributed by atoms with Crippen molar-refractivity contribution in [2.24, 2.45) is 5.92 Å². The molecule has 1 aromatic rings. The number of anilines is 1. The van der Waals surface area contributed by atoms with Gasteiger partial charge < -0.3 is 14.6 Å². The molecule has 2 heterocycles. The first-order valence-corrected chi connectivity index (χ1v) is 6.95. The molecule has 18 heavy (non-hydrogen) atoms. The molecule has 1 fully saturated rings. The lowest BCUT2D eigenvalue weighted by Crippen LogP contribution is -2.41. The topological polar surface area (TPSA) is 54.2 Å². The van der Waals surface area contributed by atoms with Gasteiger partial charge in [-0.15, -0.1) is 5.10 Å². The van der Waals surface area contributed by atoms with Crippen LogP contribution in [0.3, 0.4) is 0 Å². The van der Waals surface area contributed by atoms with Gasteiger partial charge in [0.25, 0.3) is 0 Å². The van der Waals surface area contributed by atoms with Gasteiger partial charge in [0.15, 0.2) is 0 Å². The average molecular weight is 252 g/mol. The lowest BCUT2D eigenvalue weighted by molar-refractivity contribution is 0.352. The van der Waals surface area contributed by atoms with E-state index in [0.29, 0.717) is 23.9 Å². The second-order valence-electron chi connectivity index (χ2n) is 5.39. The molecule has 1 saturated heterocycles. The Bertz CT molecular complexity index is 379. The van der Waals surface area contributed by atoms with Crippen LogP contribution in [0.1, 0.15) is 52.5 Å². The van der Waals surface area contributed by atoms with E-state index in [9.17, 15) is 0 Å². The summed E-state index contributed by atoms with van der Waals surface area (Å²) in [6, 6.07) is 1.28. The van der Waals surface area contributed by atoms with Gasteiger partial charge in [-0.25, -0.2) is 0 Å². The zero-order valence-electron chi connectivity index (χ0n) is 11.8. The van der Waals surface area contributed by atoms with Crippen LogP contribution in [0.5, 0.6) is 0 Å². The van der Waals surface area contributed by atoms with Gasteiger partial charge in [0, 0.05) is 12.6 Å². The third-order valence-electron chi connectivity index (χ3n) is 3.67. The van der Waals surface area contributed by atoms with Crippen LogP contribution in [0.4, 0.5) is 6.01 Å². The molecule has 0 amide bonds. The minimum absolute atomic E-state index is 0.119. The SMILES string of the molecule is CCNC(C)c1nnc(N2CC(C)CCC2C)o1. The Kier molecular flexibility index (Phi) is 4.22. The summed E-state index contributed by atoms with van der Waals surface area (Å²) in [6.07, 6.45) is 2.48. The fourth-order valence-electron chi connectivity index (χ4n) is 2.47. The quantitative estimate of drug-likeness (QED) is 0.891. The minimum atomic E-state index is 0.119. The smallest absolute Gasteiger partial charge is 0.318 e. The number of nitrogens with one attached hydrogen (secondary N) is 1. The van der Waals surface area contributed by atoms with Crippen LogP contribution in [0.25, 0.3) is 0 Å². The Morgan fingerprint density at radius 1 is 1.39 bits per heavy atom. The molecule has 0 aromatic carbocycles. The Labute approximate surface area is 109 Å². The molecular weight excluding hydrogens is 228 g/mol. The van der Waals surface area contributed by atoms with Crippen molar-refractivity contribution in [3.8, 4) is 0 Å². The monoisotopic (exact) mass is 252 g/mol. The Morgan fingerprint density at radius 3 is 2.89 bits per heavy atom. The fourth-order valence-corrected chi connectivity index (χ4v) is 2.47. The van der Waals surface area contributed by atoms with Gasteiger partial charge in [-0.2, -0.15) is 0 Å². The molecule has 1 aromatic heterocycles. The molecule has 0 spiro atoms. The van der Waals surface area contributed by atoms with Crippen molar-refractivity contribution >= 4 is 6.01 Å². The zero-order chi connectivity index (χ0) is 13.1. The zero-order valence-corrected chi connectivity index (χ0v) is 11.8. The summed E-state index contributed by atoms with van der Waals surface area (Å²) in [4.78, 5) is 2.24. The fraction of sp³-hybridized carbons (Fsp3) is 0.846. The Hall–Kier alpha value is -1.10. The molecule has 0 saturated carbocycles. The van der Waals surface area contributed by atoms with Crippen LogP contribution in [0.15, 0.2) is 4.42 Å². The maximum Gasteiger partial charge on any atom is 0.318 e. The molecule has 5 nitrogen and oxygen atoms in total. The van der Waals surface area contributed by atoms with E-state index in [1.54, 1.807) is 0 Å². The number of nitrogens with zero attached hydrogens (tertiary/aromatic N) is 3. The van der Waals surface area contributed by atoms with E-state index in [1.807, 2.05) is 6.92 Å². The van der Waals surface area contributed by atoms with E-state index in [0.717, 1.165) is 13.1 Å². The van der Waals surface area contributed by atoms with E-state index in [-0.39, 0.29) is 6.04 Å². The highest BCUT2D eigenvalue weighted by atomic mass is 16.4. The number of hydrogen-bond acceptors (Lipinski definition) is 5. The van der Waals surface area contributed by atoms with Gasteiger partial charge >= 0.3 is 6.01 Å². The lowest BCUT2D eigenvalue weighted by Gasteiger charge is -2.35. The summed E-state index contributed by atoms with van der Waals surface area (Å²) in [5.74, 6) is 1.38. The number of hydrogen-bond donors (Lipinski definition) is 1. The predicted octanol–water partition coefficient (Wildman–Crippen LogP) is 2.36. The Morgan fingerprint density at radius 2 is 2.17 bits per heavy atom. The number of rotatable bonds is 4. The summed E-state index contributed by atoms with van der Waals surface area (Å²) in [6.45, 7) is 10.5. The molecule has 1 aliphatic rings. The van der Waals surface area contributed by atoms with Crippen LogP contribution in [-0.2, 0) is 0 Å². The lowest BCUT2D eigenvalue weighted by atomic mass is 9.96. The maximum atomic E-state index is 5.80. The average Bonchev–Trinajstić information content (AvgIpc) is 2.82. The van der Waals surface area contributed by atoms with E-state index in [4.69, 9.17) is 4.42 Å². The molecular formula is C13H24N4O. The van der Waals surface area contributed by atoms with Gasteiger partial charge in [-0.05, 0) is 39.2 Å². The molecule has 0 aliphatic carbocycles. The summed E-state index contributed by atoms with van der Waals surface area (Å²) in [5.41, 5.74) is 0. The second kappa shape index (κ2) is 5.69. The Balaban J connectivity index is 2.08. The van der Waals surface area contributed by atoms with E-state index < -0.39 is 0 Å². The van der Waals surface area contributed by atoms with Gasteiger partial charge in [0.2, 0.25) is 5.89 Å². The molecule has 0 bridgehead atoms. The third-order valence-corrected chi connectivity index (χ3v) is 3.67. The van der Waals surface area contributed by atoms with E-state index >= 15 is 0 Å². The molecule has 3 atom stereocenters. The normalized spacial score (nSPS) is 26.3. The van der Waals surface area contributed by atoms with Crippen molar-refractivity contribution in [3.63, 3.8) is 0 Å². The summed E-state index contributed by atoms with van der Waals surface area (Å²) in [5, 5.41) is 11.6. The van der Waals surface area contributed by atoms with Gasteiger partial charge in [0.1, 0.15) is 0 Å². The number of aromatic nitrogens is 2. The van der Waals surface area contributed by atoms with E-state index in [2.05, 4.69) is 41.2 Å². The molecule has 102 valence electrons. The highest BCUT2D eigenvalue weighted by Gasteiger charge is 2.27. The number of piperidine rings is 1. The van der Waals surface area contributed by atoms with Crippen LogP contribution >= 0.6 is 0 Å². The summed E-state index contributed by atoms with van der Waals surface area (Å²) < 4.78 is 5.80. The largest absolute Gasteiger partial charge is 0.406 e. The molecule has 2 rings (SSSR count). The van der Waals surface area contributed by atoms with Crippen LogP contribution in [0, 0.1) is 5.92 Å². The maximum absolute atomic E-state index is 5.80. The van der Waals surface area contributed by atoms with Gasteiger partial charge in [0.05, 0.1) is 6.04 Å². The van der Waals surface area contributed by atoms with Crippen LogP contribution in [0.2, 0.25) is 0 Å². The second-order valence-corrected chi connectivity index (χ2v) is 5.39. The van der Waals surface area contributed by atoms with Crippen molar-refractivity contribution in [2.75, 3.05) is 18.0 Å². The van der Waals surface area contributed by atoms with Crippen molar-refractivity contribution in [2.45, 2.75) is 52.6 Å². The van der Waals surface area contributed by atoms with Gasteiger partial charge in [-0.1, -0.05) is 18.9 Å². The third kappa shape index (κ3) is 2.83. The highest BCUT2D eigenvalue weighted by molar-refractivity contribution is 5.27. The first-order chi connectivity index (χ1) is 8.61. The van der Waals surface area contributed by atoms with Crippen molar-refractivity contribution < 1.29 is 4.42 Å². The summed E-state index contributed by atoms with van der Waals surface area (Å²) >= 11 is 0. The molecule has 5 heteroatoms. The standard InChI is InChI=1S/C13H24N4O/c1-5-14-11(4)12-15-16-13(18-12)17-8-9(2)6-7-10(17)3/h9-11,14H,5-8H2,1-4H3. The van der Waals surface area contributed by atoms with Gasteiger partial charge in [-0.3, -0.25) is 0 Å². The van der Waals surface area contributed by atoms with Crippen molar-refractivity contribution in [3.05, 3.63) is 5.89 Å². The predicted molar refractivity (Wildman–Crippen MR) is 71.6 cm³/mol. The molecule has 1 N–H and O–H groups in total. The van der Waals surface area contributed by atoms with Crippen LogP contribution in [-0.4, -0.2) is 29.3 Å². The van der Waals surface area contributed by atoms with Crippen molar-refractivity contribution in [1.82, 2.24) is 15.5 Å². The van der Waals surface area contributed by atoms with Crippen LogP contribution < -0.4 is 10.2 Å².